The molecular formula is C30H33ClN4O2. The molecule has 1 amide bonds. The number of fused-ring (bicyclic) bond motifs is 1. The van der Waals surface area contributed by atoms with Gasteiger partial charge in [0.2, 0.25) is 0 Å². The summed E-state index contributed by atoms with van der Waals surface area (Å²) in [6.07, 6.45) is 2.44. The summed E-state index contributed by atoms with van der Waals surface area (Å²) in [5.41, 5.74) is 4.95. The lowest BCUT2D eigenvalue weighted by Gasteiger charge is -2.18. The van der Waals surface area contributed by atoms with Crippen molar-refractivity contribution in [2.24, 2.45) is 0 Å². The van der Waals surface area contributed by atoms with Crippen LogP contribution < -0.4 is 10.6 Å². The number of nitrogens with zero attached hydrogens (tertiary/aromatic N) is 1. The van der Waals surface area contributed by atoms with Crippen molar-refractivity contribution in [3.8, 4) is 0 Å². The van der Waals surface area contributed by atoms with Crippen LogP contribution in [0.25, 0.3) is 10.9 Å². The van der Waals surface area contributed by atoms with Crippen LogP contribution in [0.2, 0.25) is 5.02 Å². The van der Waals surface area contributed by atoms with Gasteiger partial charge in [0, 0.05) is 52.9 Å². The fraction of sp³-hybridized carbons (Fsp3) is 0.267. The first kappa shape index (κ1) is 26.6. The van der Waals surface area contributed by atoms with Crippen molar-refractivity contribution in [2.45, 2.75) is 19.4 Å². The maximum Gasteiger partial charge on any atom is 0.251 e. The zero-order valence-electron chi connectivity index (χ0n) is 21.5. The lowest BCUT2D eigenvalue weighted by atomic mass is 9.96. The normalized spacial score (nSPS) is 12.1. The standard InChI is InChI=1S/C30H33ClN4O2/c1-20-9-10-21(26(31)17-20)13-14-32-28(22-7-5-4-6-8-22)29(36)25-19-34-27-18-23(11-12-24(25)27)30(37)33-15-16-35(2)3/h4-12,17-19,28,32,34H,13-16H2,1-3H3,(H,33,37)/t28-/m1/s1. The van der Waals surface area contributed by atoms with E-state index in [1.807, 2.05) is 80.5 Å². The lowest BCUT2D eigenvalue weighted by Crippen LogP contribution is -2.31. The molecule has 3 aromatic carbocycles. The molecule has 0 saturated heterocycles. The zero-order valence-corrected chi connectivity index (χ0v) is 22.2. The third-order valence-electron chi connectivity index (χ3n) is 6.40. The number of aromatic nitrogens is 1. The molecule has 7 heteroatoms. The van der Waals surface area contributed by atoms with Gasteiger partial charge in [-0.15, -0.1) is 0 Å². The largest absolute Gasteiger partial charge is 0.360 e. The van der Waals surface area contributed by atoms with Crippen molar-refractivity contribution in [1.82, 2.24) is 20.5 Å². The number of hydrogen-bond donors (Lipinski definition) is 3. The van der Waals surface area contributed by atoms with Crippen molar-refractivity contribution in [2.75, 3.05) is 33.7 Å². The van der Waals surface area contributed by atoms with Crippen molar-refractivity contribution < 1.29 is 9.59 Å². The maximum absolute atomic E-state index is 13.8. The number of hydrogen-bond acceptors (Lipinski definition) is 4. The third kappa shape index (κ3) is 6.66. The summed E-state index contributed by atoms with van der Waals surface area (Å²) in [6.45, 7) is 3.93. The Kier molecular flexibility index (Phi) is 8.77. The molecule has 192 valence electrons. The van der Waals surface area contributed by atoms with Gasteiger partial charge in [-0.05, 0) is 62.3 Å². The van der Waals surface area contributed by atoms with Crippen molar-refractivity contribution in [3.05, 3.63) is 106 Å². The number of ketones is 1. The highest BCUT2D eigenvalue weighted by Crippen LogP contribution is 2.26. The van der Waals surface area contributed by atoms with E-state index in [1.165, 1.54) is 0 Å². The highest BCUT2D eigenvalue weighted by molar-refractivity contribution is 6.31. The van der Waals surface area contributed by atoms with Gasteiger partial charge < -0.3 is 20.5 Å². The second-order valence-electron chi connectivity index (χ2n) is 9.53. The number of amides is 1. The molecule has 6 nitrogen and oxygen atoms in total. The quantitative estimate of drug-likeness (QED) is 0.240. The molecule has 0 unspecified atom stereocenters. The fourth-order valence-corrected chi connectivity index (χ4v) is 4.67. The number of likely N-dealkylation sites (N-methyl/N-ethyl adjacent to an activating group) is 1. The molecular weight excluding hydrogens is 484 g/mol. The predicted octanol–water partition coefficient (Wildman–Crippen LogP) is 5.18. The number of benzene rings is 3. The van der Waals surface area contributed by atoms with E-state index in [0.29, 0.717) is 30.6 Å². The smallest absolute Gasteiger partial charge is 0.251 e. The first-order valence-electron chi connectivity index (χ1n) is 12.4. The minimum Gasteiger partial charge on any atom is -0.360 e. The average Bonchev–Trinajstić information content (AvgIpc) is 3.31. The van der Waals surface area contributed by atoms with Crippen molar-refractivity contribution in [3.63, 3.8) is 0 Å². The van der Waals surface area contributed by atoms with E-state index in [1.54, 1.807) is 18.3 Å². The Labute approximate surface area is 223 Å². The number of carbonyl (C=O) groups excluding carboxylic acids is 2. The Morgan fingerprint density at radius 3 is 2.51 bits per heavy atom. The molecule has 0 aliphatic carbocycles. The number of H-pyrrole nitrogens is 1. The first-order valence-corrected chi connectivity index (χ1v) is 12.8. The van der Waals surface area contributed by atoms with E-state index < -0.39 is 6.04 Å². The summed E-state index contributed by atoms with van der Waals surface area (Å²) < 4.78 is 0. The zero-order chi connectivity index (χ0) is 26.4. The van der Waals surface area contributed by atoms with Gasteiger partial charge in [0.05, 0.1) is 6.04 Å². The molecule has 4 aromatic rings. The van der Waals surface area contributed by atoms with Crippen molar-refractivity contribution >= 4 is 34.2 Å². The Morgan fingerprint density at radius 1 is 1.00 bits per heavy atom. The van der Waals surface area contributed by atoms with E-state index in [0.717, 1.165) is 39.2 Å². The predicted molar refractivity (Wildman–Crippen MR) is 151 cm³/mol. The summed E-state index contributed by atoms with van der Waals surface area (Å²) in [5, 5.41) is 7.91. The van der Waals surface area contributed by atoms with Gasteiger partial charge in [-0.2, -0.15) is 0 Å². The summed E-state index contributed by atoms with van der Waals surface area (Å²) in [7, 11) is 3.93. The molecule has 3 N–H and O–H groups in total. The summed E-state index contributed by atoms with van der Waals surface area (Å²) in [4.78, 5) is 31.6. The monoisotopic (exact) mass is 516 g/mol. The van der Waals surface area contributed by atoms with Gasteiger partial charge in [-0.1, -0.05) is 60.1 Å². The Morgan fingerprint density at radius 2 is 1.78 bits per heavy atom. The Hall–Kier alpha value is -3.45. The highest BCUT2D eigenvalue weighted by Gasteiger charge is 2.24. The number of halogens is 1. The van der Waals surface area contributed by atoms with E-state index in [9.17, 15) is 9.59 Å². The molecule has 0 saturated carbocycles. The molecule has 1 heterocycles. The van der Waals surface area contributed by atoms with E-state index in [4.69, 9.17) is 11.6 Å². The molecule has 4 rings (SSSR count). The number of aryl methyl sites for hydroxylation is 1. The SMILES string of the molecule is Cc1ccc(CCN[C@@H](C(=O)c2c[nH]c3cc(C(=O)NCCN(C)C)ccc23)c2ccccc2)c(Cl)c1. The number of Topliss-reactive ketones (excluding diaryl/α,β-unsaturated/α-hetero) is 1. The minimum absolute atomic E-state index is 0.0318. The van der Waals surface area contributed by atoms with Crippen LogP contribution in [0, 0.1) is 6.92 Å². The molecule has 0 aliphatic heterocycles. The molecule has 1 aromatic heterocycles. The van der Waals surface area contributed by atoms with E-state index in [-0.39, 0.29) is 11.7 Å². The van der Waals surface area contributed by atoms with Crippen LogP contribution in [-0.4, -0.2) is 55.3 Å². The topological polar surface area (TPSA) is 77.2 Å². The van der Waals surface area contributed by atoms with Gasteiger partial charge in [0.1, 0.15) is 0 Å². The lowest BCUT2D eigenvalue weighted by molar-refractivity contribution is 0.0940. The molecule has 1 atom stereocenters. The van der Waals surface area contributed by atoms with Crippen molar-refractivity contribution in [1.29, 1.82) is 0 Å². The van der Waals surface area contributed by atoms with E-state index >= 15 is 0 Å². The second-order valence-corrected chi connectivity index (χ2v) is 9.94. The number of aromatic amines is 1. The third-order valence-corrected chi connectivity index (χ3v) is 6.75. The summed E-state index contributed by atoms with van der Waals surface area (Å²) in [5.74, 6) is -0.166. The van der Waals surface area contributed by atoms with Crippen LogP contribution in [0.3, 0.4) is 0 Å². The van der Waals surface area contributed by atoms with Crippen LogP contribution in [0.1, 0.15) is 43.4 Å². The molecule has 0 radical (unpaired) electrons. The van der Waals surface area contributed by atoms with Gasteiger partial charge >= 0.3 is 0 Å². The van der Waals surface area contributed by atoms with E-state index in [2.05, 4.69) is 15.6 Å². The molecule has 0 spiro atoms. The number of nitrogens with one attached hydrogen (secondary N) is 3. The number of rotatable bonds is 11. The molecule has 0 aliphatic rings. The second kappa shape index (κ2) is 12.2. The van der Waals surface area contributed by atoms with Gasteiger partial charge in [0.15, 0.2) is 5.78 Å². The average molecular weight is 517 g/mol. The van der Waals surface area contributed by atoms with Gasteiger partial charge in [0.25, 0.3) is 5.91 Å². The number of carbonyl (C=O) groups is 2. The van der Waals surface area contributed by atoms with Gasteiger partial charge in [-0.3, -0.25) is 9.59 Å². The van der Waals surface area contributed by atoms with Crippen LogP contribution in [0.15, 0.2) is 72.9 Å². The minimum atomic E-state index is -0.515. The van der Waals surface area contributed by atoms with Crippen LogP contribution in [0.4, 0.5) is 0 Å². The first-order chi connectivity index (χ1) is 17.8. The summed E-state index contributed by atoms with van der Waals surface area (Å²) >= 11 is 6.42. The fourth-order valence-electron chi connectivity index (χ4n) is 4.34. The van der Waals surface area contributed by atoms with Gasteiger partial charge in [-0.25, -0.2) is 0 Å². The Balaban J connectivity index is 1.53. The molecule has 0 fully saturated rings. The highest BCUT2D eigenvalue weighted by atomic mass is 35.5. The maximum atomic E-state index is 13.8. The van der Waals surface area contributed by atoms with Crippen LogP contribution in [-0.2, 0) is 6.42 Å². The Bertz CT molecular complexity index is 1380. The summed E-state index contributed by atoms with van der Waals surface area (Å²) in [6, 6.07) is 20.6. The van der Waals surface area contributed by atoms with Crippen LogP contribution >= 0.6 is 11.6 Å². The van der Waals surface area contributed by atoms with Crippen LogP contribution in [0.5, 0.6) is 0 Å². The molecule has 0 bridgehead atoms. The molecule has 37 heavy (non-hydrogen) atoms.